The van der Waals surface area contributed by atoms with E-state index in [1.54, 1.807) is 0 Å². The van der Waals surface area contributed by atoms with Crippen molar-refractivity contribution < 1.29 is 4.42 Å². The van der Waals surface area contributed by atoms with Crippen LogP contribution >= 0.6 is 11.6 Å². The fourth-order valence-electron chi connectivity index (χ4n) is 1.49. The zero-order chi connectivity index (χ0) is 12.1. The second kappa shape index (κ2) is 5.68. The molecule has 0 spiro atoms. The van der Waals surface area contributed by atoms with Crippen LogP contribution in [0.2, 0.25) is 0 Å². The van der Waals surface area contributed by atoms with Gasteiger partial charge in [-0.15, -0.1) is 16.7 Å². The van der Waals surface area contributed by atoms with Crippen LogP contribution in [-0.2, 0) is 12.3 Å². The summed E-state index contributed by atoms with van der Waals surface area (Å²) >= 11 is 5.60. The predicted molar refractivity (Wildman–Crippen MR) is 67.3 cm³/mol. The fourth-order valence-corrected chi connectivity index (χ4v) is 1.60. The largest absolute Gasteiger partial charge is 0.407 e. The highest BCUT2D eigenvalue weighted by atomic mass is 35.5. The summed E-state index contributed by atoms with van der Waals surface area (Å²) < 4.78 is 5.35. The smallest absolute Gasteiger partial charge is 0.317 e. The number of halogens is 1. The van der Waals surface area contributed by atoms with E-state index in [0.717, 1.165) is 13.0 Å². The molecule has 2 aromatic rings. The van der Waals surface area contributed by atoms with E-state index in [-0.39, 0.29) is 5.88 Å². The third-order valence-corrected chi connectivity index (χ3v) is 2.70. The zero-order valence-electron chi connectivity index (χ0n) is 9.64. The Morgan fingerprint density at radius 3 is 2.65 bits per heavy atom. The first kappa shape index (κ1) is 11.9. The summed E-state index contributed by atoms with van der Waals surface area (Å²) in [5.74, 6) is 0.702. The molecule has 0 aliphatic rings. The summed E-state index contributed by atoms with van der Waals surface area (Å²) in [6, 6.07) is 10.8. The maximum absolute atomic E-state index is 5.60. The molecule has 0 unspecified atom stereocenters. The number of alkyl halides is 1. The van der Waals surface area contributed by atoms with Crippen molar-refractivity contribution in [3.63, 3.8) is 0 Å². The Morgan fingerprint density at radius 1 is 1.24 bits per heavy atom. The lowest BCUT2D eigenvalue weighted by molar-refractivity contribution is 0.507. The highest BCUT2D eigenvalue weighted by Gasteiger charge is 2.09. The van der Waals surface area contributed by atoms with Gasteiger partial charge >= 0.3 is 6.01 Å². The van der Waals surface area contributed by atoms with Crippen molar-refractivity contribution >= 4 is 17.6 Å². The summed E-state index contributed by atoms with van der Waals surface area (Å²) in [6.07, 6.45) is 0.940. The average Bonchev–Trinajstić information content (AvgIpc) is 2.86. The normalized spacial score (nSPS) is 10.5. The van der Waals surface area contributed by atoms with Crippen molar-refractivity contribution in [3.8, 4) is 0 Å². The minimum absolute atomic E-state index is 0.250. The van der Waals surface area contributed by atoms with Crippen molar-refractivity contribution in [2.45, 2.75) is 12.3 Å². The van der Waals surface area contributed by atoms with Crippen LogP contribution in [0.1, 0.15) is 11.5 Å². The highest BCUT2D eigenvalue weighted by Crippen LogP contribution is 2.12. The molecule has 0 saturated heterocycles. The Bertz CT molecular complexity index is 458. The first-order valence-corrected chi connectivity index (χ1v) is 5.96. The Kier molecular flexibility index (Phi) is 3.98. The topological polar surface area (TPSA) is 42.2 Å². The Labute approximate surface area is 105 Å². The van der Waals surface area contributed by atoms with Crippen LogP contribution in [0.4, 0.5) is 6.01 Å². The number of nitrogens with zero attached hydrogens (tertiary/aromatic N) is 3. The Balaban J connectivity index is 1.91. The number of anilines is 1. The second-order valence-electron chi connectivity index (χ2n) is 3.77. The molecule has 0 amide bonds. The zero-order valence-corrected chi connectivity index (χ0v) is 10.4. The van der Waals surface area contributed by atoms with E-state index >= 15 is 0 Å². The molecule has 0 atom stereocenters. The molecular weight excluding hydrogens is 238 g/mol. The van der Waals surface area contributed by atoms with Gasteiger partial charge in [0.05, 0.1) is 0 Å². The lowest BCUT2D eigenvalue weighted by Gasteiger charge is -2.13. The van der Waals surface area contributed by atoms with Crippen molar-refractivity contribution in [2.24, 2.45) is 0 Å². The predicted octanol–water partition coefficient (Wildman–Crippen LogP) is 2.49. The molecule has 0 bridgehead atoms. The molecule has 0 saturated carbocycles. The van der Waals surface area contributed by atoms with Gasteiger partial charge in [0.15, 0.2) is 0 Å². The molecule has 1 aromatic heterocycles. The van der Waals surface area contributed by atoms with Crippen molar-refractivity contribution in [2.75, 3.05) is 18.5 Å². The number of aromatic nitrogens is 2. The molecule has 0 aliphatic heterocycles. The molecule has 90 valence electrons. The molecular formula is C12H14ClN3O. The van der Waals surface area contributed by atoms with Crippen LogP contribution in [0.25, 0.3) is 0 Å². The Morgan fingerprint density at radius 2 is 2.00 bits per heavy atom. The number of benzene rings is 1. The van der Waals surface area contributed by atoms with Gasteiger partial charge in [-0.05, 0) is 12.0 Å². The van der Waals surface area contributed by atoms with Crippen molar-refractivity contribution in [3.05, 3.63) is 41.8 Å². The van der Waals surface area contributed by atoms with Gasteiger partial charge in [0.2, 0.25) is 5.89 Å². The van der Waals surface area contributed by atoms with Crippen LogP contribution in [0, 0.1) is 0 Å². The second-order valence-corrected chi connectivity index (χ2v) is 4.04. The summed E-state index contributed by atoms with van der Waals surface area (Å²) in [4.78, 5) is 1.93. The number of hydrogen-bond donors (Lipinski definition) is 0. The molecule has 2 rings (SSSR count). The van der Waals surface area contributed by atoms with Crippen LogP contribution in [0.3, 0.4) is 0 Å². The van der Waals surface area contributed by atoms with Gasteiger partial charge in [0.1, 0.15) is 5.88 Å². The van der Waals surface area contributed by atoms with Crippen molar-refractivity contribution in [1.82, 2.24) is 10.2 Å². The van der Waals surface area contributed by atoms with Crippen LogP contribution in [0.15, 0.2) is 34.7 Å². The number of likely N-dealkylation sites (N-methyl/N-ethyl adjacent to an activating group) is 1. The van der Waals surface area contributed by atoms with E-state index in [1.807, 2.05) is 30.1 Å². The monoisotopic (exact) mass is 251 g/mol. The number of rotatable bonds is 5. The van der Waals surface area contributed by atoms with E-state index in [2.05, 4.69) is 22.3 Å². The first-order chi connectivity index (χ1) is 8.29. The van der Waals surface area contributed by atoms with Crippen LogP contribution in [-0.4, -0.2) is 23.8 Å². The molecule has 17 heavy (non-hydrogen) atoms. The van der Waals surface area contributed by atoms with Crippen molar-refractivity contribution in [1.29, 1.82) is 0 Å². The maximum Gasteiger partial charge on any atom is 0.317 e. The minimum atomic E-state index is 0.250. The van der Waals surface area contributed by atoms with Crippen LogP contribution < -0.4 is 4.90 Å². The Hall–Kier alpha value is -1.55. The average molecular weight is 252 g/mol. The van der Waals surface area contributed by atoms with E-state index in [4.69, 9.17) is 16.0 Å². The molecule has 0 aliphatic carbocycles. The highest BCUT2D eigenvalue weighted by molar-refractivity contribution is 6.16. The van der Waals surface area contributed by atoms with Gasteiger partial charge in [0.25, 0.3) is 0 Å². The van der Waals surface area contributed by atoms with Gasteiger partial charge in [-0.2, -0.15) is 0 Å². The lowest BCUT2D eigenvalue weighted by Crippen LogP contribution is -2.20. The molecule has 1 aromatic carbocycles. The standard InChI is InChI=1S/C12H14ClN3O/c1-16(12-15-14-11(9-13)17-12)8-7-10-5-3-2-4-6-10/h2-6H,7-9H2,1H3. The third-order valence-electron chi connectivity index (χ3n) is 2.48. The lowest BCUT2D eigenvalue weighted by atomic mass is 10.1. The van der Waals surface area contributed by atoms with E-state index in [1.165, 1.54) is 5.56 Å². The van der Waals surface area contributed by atoms with E-state index in [0.29, 0.717) is 11.9 Å². The van der Waals surface area contributed by atoms with E-state index in [9.17, 15) is 0 Å². The maximum atomic E-state index is 5.60. The molecule has 5 heteroatoms. The van der Waals surface area contributed by atoms with Gasteiger partial charge in [-0.3, -0.25) is 0 Å². The van der Waals surface area contributed by atoms with Gasteiger partial charge in [0, 0.05) is 13.6 Å². The first-order valence-electron chi connectivity index (χ1n) is 5.43. The van der Waals surface area contributed by atoms with E-state index < -0.39 is 0 Å². The van der Waals surface area contributed by atoms with Gasteiger partial charge in [-0.25, -0.2) is 0 Å². The minimum Gasteiger partial charge on any atom is -0.407 e. The molecule has 0 fully saturated rings. The molecule has 0 radical (unpaired) electrons. The third kappa shape index (κ3) is 3.20. The van der Waals surface area contributed by atoms with Gasteiger partial charge in [-0.1, -0.05) is 35.4 Å². The van der Waals surface area contributed by atoms with Crippen LogP contribution in [0.5, 0.6) is 0 Å². The quantitative estimate of drug-likeness (QED) is 0.766. The SMILES string of the molecule is CN(CCc1ccccc1)c1nnc(CCl)o1. The molecule has 1 heterocycles. The summed E-state index contributed by atoms with van der Waals surface area (Å²) in [6.45, 7) is 0.827. The summed E-state index contributed by atoms with van der Waals surface area (Å²) in [7, 11) is 1.93. The molecule has 4 nitrogen and oxygen atoms in total. The number of hydrogen-bond acceptors (Lipinski definition) is 4. The van der Waals surface area contributed by atoms with Gasteiger partial charge < -0.3 is 9.32 Å². The summed E-state index contributed by atoms with van der Waals surface area (Å²) in [5, 5.41) is 7.74. The molecule has 0 N–H and O–H groups in total. The fraction of sp³-hybridized carbons (Fsp3) is 0.333. The summed E-state index contributed by atoms with van der Waals surface area (Å²) in [5.41, 5.74) is 1.29.